The third kappa shape index (κ3) is 2.35. The number of aryl methyl sites for hydroxylation is 1. The molecule has 1 heterocycles. The number of imidazole rings is 1. The monoisotopic (exact) mass is 242 g/mol. The van der Waals surface area contributed by atoms with E-state index in [0.717, 1.165) is 12.2 Å². The number of carbonyl (C=O) groups is 1. The molecule has 0 aliphatic rings. The van der Waals surface area contributed by atoms with Gasteiger partial charge >= 0.3 is 0 Å². The molecule has 3 nitrogen and oxygen atoms in total. The van der Waals surface area contributed by atoms with Crippen molar-refractivity contribution in [3.8, 4) is 0 Å². The normalized spacial score (nSPS) is 12.4. The molecule has 18 heavy (non-hydrogen) atoms. The van der Waals surface area contributed by atoms with Crippen molar-refractivity contribution in [1.82, 2.24) is 9.55 Å². The van der Waals surface area contributed by atoms with Crippen molar-refractivity contribution in [2.75, 3.05) is 0 Å². The van der Waals surface area contributed by atoms with Crippen LogP contribution in [0.25, 0.3) is 0 Å². The average molecular weight is 242 g/mol. The molecular weight excluding hydrogens is 224 g/mol. The topological polar surface area (TPSA) is 34.9 Å². The number of hydrogen-bond donors (Lipinski definition) is 0. The van der Waals surface area contributed by atoms with E-state index in [2.05, 4.69) is 35.5 Å². The second-order valence-electron chi connectivity index (χ2n) is 4.45. The fourth-order valence-electron chi connectivity index (χ4n) is 2.09. The molecule has 0 N–H and O–H groups in total. The molecule has 1 unspecified atom stereocenters. The van der Waals surface area contributed by atoms with E-state index in [9.17, 15) is 4.79 Å². The summed E-state index contributed by atoms with van der Waals surface area (Å²) in [6, 6.07) is 10.4. The Hall–Kier alpha value is -1.90. The lowest BCUT2D eigenvalue weighted by atomic mass is 10.1. The van der Waals surface area contributed by atoms with Crippen LogP contribution in [-0.2, 0) is 6.42 Å². The summed E-state index contributed by atoms with van der Waals surface area (Å²) >= 11 is 0. The molecular formula is C15H18N2O. The van der Waals surface area contributed by atoms with E-state index in [1.165, 1.54) is 5.56 Å². The number of Topliss-reactive ketones (excluding diaryl/α,β-unsaturated/α-hetero) is 1. The predicted molar refractivity (Wildman–Crippen MR) is 71.9 cm³/mol. The molecule has 0 aliphatic carbocycles. The zero-order chi connectivity index (χ0) is 13.1. The van der Waals surface area contributed by atoms with Crippen LogP contribution in [0.5, 0.6) is 0 Å². The first-order chi connectivity index (χ1) is 8.63. The Kier molecular flexibility index (Phi) is 3.60. The molecule has 0 bridgehead atoms. The summed E-state index contributed by atoms with van der Waals surface area (Å²) in [4.78, 5) is 15.8. The summed E-state index contributed by atoms with van der Waals surface area (Å²) in [5, 5.41) is 0. The third-order valence-corrected chi connectivity index (χ3v) is 3.19. The Bertz CT molecular complexity index is 543. The van der Waals surface area contributed by atoms with Gasteiger partial charge in [0, 0.05) is 19.5 Å². The van der Waals surface area contributed by atoms with Gasteiger partial charge in [-0.15, -0.1) is 0 Å². The van der Waals surface area contributed by atoms with Gasteiger partial charge in [0.05, 0.1) is 6.04 Å². The molecule has 1 atom stereocenters. The van der Waals surface area contributed by atoms with Crippen LogP contribution in [-0.4, -0.2) is 15.3 Å². The molecule has 2 rings (SSSR count). The minimum atomic E-state index is 0.0173. The van der Waals surface area contributed by atoms with Gasteiger partial charge in [-0.05, 0) is 12.5 Å². The molecule has 2 aromatic rings. The Morgan fingerprint density at radius 3 is 2.56 bits per heavy atom. The van der Waals surface area contributed by atoms with Crippen molar-refractivity contribution in [3.63, 3.8) is 0 Å². The quantitative estimate of drug-likeness (QED) is 0.771. The maximum Gasteiger partial charge on any atom is 0.179 e. The van der Waals surface area contributed by atoms with E-state index < -0.39 is 0 Å². The van der Waals surface area contributed by atoms with Gasteiger partial charge in [-0.1, -0.05) is 37.3 Å². The van der Waals surface area contributed by atoms with E-state index in [1.54, 1.807) is 6.92 Å². The Morgan fingerprint density at radius 1 is 1.33 bits per heavy atom. The van der Waals surface area contributed by atoms with Gasteiger partial charge in [-0.25, -0.2) is 4.98 Å². The van der Waals surface area contributed by atoms with Crippen LogP contribution in [0.3, 0.4) is 0 Å². The second-order valence-corrected chi connectivity index (χ2v) is 4.45. The molecule has 3 heteroatoms. The van der Waals surface area contributed by atoms with Gasteiger partial charge < -0.3 is 4.57 Å². The van der Waals surface area contributed by atoms with Crippen molar-refractivity contribution >= 4 is 5.78 Å². The molecule has 0 radical (unpaired) electrons. The van der Waals surface area contributed by atoms with Crippen LogP contribution in [0.1, 0.15) is 48.7 Å². The zero-order valence-corrected chi connectivity index (χ0v) is 11.1. The maximum atomic E-state index is 11.4. The summed E-state index contributed by atoms with van der Waals surface area (Å²) < 4.78 is 2.09. The first-order valence-electron chi connectivity index (χ1n) is 6.27. The predicted octanol–water partition coefficient (Wildman–Crippen LogP) is 3.26. The third-order valence-electron chi connectivity index (χ3n) is 3.19. The SMILES string of the molecule is CCc1nc(C(C)=O)cn1C(C)c1ccccc1. The van der Waals surface area contributed by atoms with Gasteiger partial charge in [-0.2, -0.15) is 0 Å². The molecule has 94 valence electrons. The van der Waals surface area contributed by atoms with Crippen LogP contribution in [0.2, 0.25) is 0 Å². The fraction of sp³-hybridized carbons (Fsp3) is 0.333. The number of nitrogens with zero attached hydrogens (tertiary/aromatic N) is 2. The van der Waals surface area contributed by atoms with Crippen LogP contribution in [0.4, 0.5) is 0 Å². The number of carbonyl (C=O) groups excluding carboxylic acids is 1. The van der Waals surface area contributed by atoms with Crippen molar-refractivity contribution < 1.29 is 4.79 Å². The number of rotatable bonds is 4. The fourth-order valence-corrected chi connectivity index (χ4v) is 2.09. The Labute approximate surface area is 107 Å². The van der Waals surface area contributed by atoms with Crippen LogP contribution >= 0.6 is 0 Å². The van der Waals surface area contributed by atoms with Crippen molar-refractivity contribution in [2.24, 2.45) is 0 Å². The Morgan fingerprint density at radius 2 is 2.00 bits per heavy atom. The van der Waals surface area contributed by atoms with Crippen LogP contribution in [0.15, 0.2) is 36.5 Å². The number of aromatic nitrogens is 2. The molecule has 0 aliphatic heterocycles. The van der Waals surface area contributed by atoms with Crippen molar-refractivity contribution in [3.05, 3.63) is 53.6 Å². The lowest BCUT2D eigenvalue weighted by Crippen LogP contribution is -2.09. The Balaban J connectivity index is 2.41. The maximum absolute atomic E-state index is 11.4. The highest BCUT2D eigenvalue weighted by Gasteiger charge is 2.15. The standard InChI is InChI=1S/C15H18N2O/c1-4-15-16-14(12(3)18)10-17(15)11(2)13-8-6-5-7-9-13/h5-11H,4H2,1-3H3. The smallest absolute Gasteiger partial charge is 0.179 e. The second kappa shape index (κ2) is 5.17. The summed E-state index contributed by atoms with van der Waals surface area (Å²) in [5.41, 5.74) is 1.77. The first kappa shape index (κ1) is 12.6. The lowest BCUT2D eigenvalue weighted by Gasteiger charge is -2.16. The van der Waals surface area contributed by atoms with Crippen LogP contribution in [0, 0.1) is 0 Å². The zero-order valence-electron chi connectivity index (χ0n) is 11.1. The van der Waals surface area contributed by atoms with E-state index in [1.807, 2.05) is 24.4 Å². The van der Waals surface area contributed by atoms with Gasteiger partial charge in [0.25, 0.3) is 0 Å². The van der Waals surface area contributed by atoms with Crippen LogP contribution < -0.4 is 0 Å². The highest BCUT2D eigenvalue weighted by molar-refractivity contribution is 5.91. The molecule has 0 amide bonds. The number of ketones is 1. The van der Waals surface area contributed by atoms with E-state index >= 15 is 0 Å². The number of benzene rings is 1. The van der Waals surface area contributed by atoms with Crippen molar-refractivity contribution in [1.29, 1.82) is 0 Å². The van der Waals surface area contributed by atoms with Crippen molar-refractivity contribution in [2.45, 2.75) is 33.2 Å². The summed E-state index contributed by atoms with van der Waals surface area (Å²) in [6.45, 7) is 5.74. The minimum Gasteiger partial charge on any atom is -0.327 e. The molecule has 1 aromatic heterocycles. The highest BCUT2D eigenvalue weighted by atomic mass is 16.1. The van der Waals surface area contributed by atoms with Gasteiger partial charge in [0.15, 0.2) is 5.78 Å². The molecule has 0 spiro atoms. The lowest BCUT2D eigenvalue weighted by molar-refractivity contribution is 0.101. The van der Waals surface area contributed by atoms with E-state index in [-0.39, 0.29) is 11.8 Å². The van der Waals surface area contributed by atoms with E-state index in [0.29, 0.717) is 5.69 Å². The summed E-state index contributed by atoms with van der Waals surface area (Å²) in [7, 11) is 0. The van der Waals surface area contributed by atoms with Gasteiger partial charge in [-0.3, -0.25) is 4.79 Å². The molecule has 1 aromatic carbocycles. The minimum absolute atomic E-state index is 0.0173. The van der Waals surface area contributed by atoms with Gasteiger partial charge in [0.1, 0.15) is 11.5 Å². The molecule has 0 fully saturated rings. The largest absolute Gasteiger partial charge is 0.327 e. The number of hydrogen-bond acceptors (Lipinski definition) is 2. The first-order valence-corrected chi connectivity index (χ1v) is 6.27. The van der Waals surface area contributed by atoms with Gasteiger partial charge in [0.2, 0.25) is 0 Å². The van der Waals surface area contributed by atoms with E-state index in [4.69, 9.17) is 0 Å². The summed E-state index contributed by atoms with van der Waals surface area (Å²) in [5.74, 6) is 0.972. The molecule has 0 saturated carbocycles. The molecule has 0 saturated heterocycles. The summed E-state index contributed by atoms with van der Waals surface area (Å²) in [6.07, 6.45) is 2.68. The highest BCUT2D eigenvalue weighted by Crippen LogP contribution is 2.20. The average Bonchev–Trinajstić information content (AvgIpc) is 2.83.